The number of hydrogen-bond donors (Lipinski definition) is 0. The number of nitrogens with zero attached hydrogens (tertiary/aromatic N) is 5. The second-order valence-corrected chi connectivity index (χ2v) is 14.4. The molecule has 0 unspecified atom stereocenters. The number of benzene rings is 1. The summed E-state index contributed by atoms with van der Waals surface area (Å²) in [6, 6.07) is 11.7. The average molecular weight is 619 g/mol. The van der Waals surface area contributed by atoms with Gasteiger partial charge in [0.15, 0.2) is 9.84 Å². The topological polar surface area (TPSA) is 88.0 Å². The first-order chi connectivity index (χ1) is 18.3. The molecule has 1 aromatic carbocycles. The smallest absolute Gasteiger partial charge is 0.410 e. The number of hydrogen-bond acceptors (Lipinski definition) is 7. The van der Waals surface area contributed by atoms with Gasteiger partial charge < -0.3 is 24.0 Å². The Bertz CT molecular complexity index is 1470. The third-order valence-electron chi connectivity index (χ3n) is 7.56. The number of pyridine rings is 1. The van der Waals surface area contributed by atoms with Crippen molar-refractivity contribution in [3.8, 4) is 0 Å². The molecule has 2 aromatic heterocycles. The Hall–Kier alpha value is -2.79. The van der Waals surface area contributed by atoms with Crippen LogP contribution in [-0.4, -0.2) is 80.1 Å². The molecule has 11 heteroatoms. The van der Waals surface area contributed by atoms with Crippen molar-refractivity contribution in [2.24, 2.45) is 0 Å². The molecule has 210 valence electrons. The number of aromatic nitrogens is 2. The molecule has 0 N–H and O–H groups in total. The van der Waals surface area contributed by atoms with Crippen molar-refractivity contribution in [1.82, 2.24) is 14.5 Å². The second-order valence-electron chi connectivity index (χ2n) is 11.5. The van der Waals surface area contributed by atoms with E-state index < -0.39 is 15.4 Å². The quantitative estimate of drug-likeness (QED) is 0.393. The van der Waals surface area contributed by atoms with Crippen molar-refractivity contribution in [3.05, 3.63) is 47.1 Å². The summed E-state index contributed by atoms with van der Waals surface area (Å²) in [6.45, 7) is 8.93. The molecule has 1 saturated carbocycles. The predicted octanol–water partition coefficient (Wildman–Crippen LogP) is 5.10. The van der Waals surface area contributed by atoms with Gasteiger partial charge in [-0.15, -0.1) is 0 Å². The maximum absolute atomic E-state index is 12.5. The van der Waals surface area contributed by atoms with Crippen molar-refractivity contribution in [3.63, 3.8) is 0 Å². The summed E-state index contributed by atoms with van der Waals surface area (Å²) in [5.41, 5.74) is 1.46. The minimum Gasteiger partial charge on any atom is -0.444 e. The largest absolute Gasteiger partial charge is 0.444 e. The lowest BCUT2D eigenvalue weighted by Gasteiger charge is -2.42. The number of anilines is 2. The first-order valence-corrected chi connectivity index (χ1v) is 15.9. The van der Waals surface area contributed by atoms with Gasteiger partial charge in [0.05, 0.1) is 4.90 Å². The summed E-state index contributed by atoms with van der Waals surface area (Å²) in [4.78, 5) is 24.2. The number of fused-ring (bicyclic) bond motifs is 1. The van der Waals surface area contributed by atoms with Crippen molar-refractivity contribution in [1.29, 1.82) is 0 Å². The van der Waals surface area contributed by atoms with E-state index in [-0.39, 0.29) is 18.2 Å². The Morgan fingerprint density at radius 2 is 1.64 bits per heavy atom. The van der Waals surface area contributed by atoms with E-state index in [4.69, 9.17) is 9.72 Å². The Morgan fingerprint density at radius 1 is 1.03 bits per heavy atom. The van der Waals surface area contributed by atoms with Gasteiger partial charge in [-0.3, -0.25) is 0 Å². The highest BCUT2D eigenvalue weighted by Gasteiger charge is 2.37. The highest BCUT2D eigenvalue weighted by Crippen LogP contribution is 2.40. The highest BCUT2D eigenvalue weighted by atomic mass is 79.9. The molecule has 5 rings (SSSR count). The van der Waals surface area contributed by atoms with Crippen LogP contribution in [0.1, 0.15) is 39.7 Å². The lowest BCUT2D eigenvalue weighted by Crippen LogP contribution is -2.47. The Balaban J connectivity index is 1.25. The lowest BCUT2D eigenvalue weighted by molar-refractivity contribution is 0.00808. The zero-order chi connectivity index (χ0) is 28.1. The molecule has 1 aliphatic heterocycles. The van der Waals surface area contributed by atoms with E-state index in [2.05, 4.69) is 48.6 Å². The Kier molecular flexibility index (Phi) is 7.34. The van der Waals surface area contributed by atoms with Gasteiger partial charge in [-0.2, -0.15) is 0 Å². The molecule has 1 aliphatic carbocycles. The molecule has 0 spiro atoms. The van der Waals surface area contributed by atoms with Gasteiger partial charge in [0.1, 0.15) is 17.1 Å². The van der Waals surface area contributed by atoms with Crippen LogP contribution >= 0.6 is 15.9 Å². The van der Waals surface area contributed by atoms with E-state index in [9.17, 15) is 13.2 Å². The summed E-state index contributed by atoms with van der Waals surface area (Å²) in [5.74, 6) is 0.947. The summed E-state index contributed by atoms with van der Waals surface area (Å²) in [7, 11) is -1.39. The first-order valence-electron chi connectivity index (χ1n) is 13.2. The van der Waals surface area contributed by atoms with Gasteiger partial charge in [-0.1, -0.05) is 0 Å². The van der Waals surface area contributed by atoms with E-state index in [1.165, 1.54) is 6.26 Å². The van der Waals surface area contributed by atoms with Crippen LogP contribution < -0.4 is 9.80 Å². The minimum absolute atomic E-state index is 0.142. The molecule has 9 nitrogen and oxygen atoms in total. The molecular formula is C28H36BrN5O4S. The number of carbonyl (C=O) groups excluding carboxylic acids is 1. The maximum atomic E-state index is 12.5. The molecule has 1 amide bonds. The number of carbonyl (C=O) groups is 1. The first kappa shape index (κ1) is 27.8. The van der Waals surface area contributed by atoms with Crippen LogP contribution in [0.25, 0.3) is 11.0 Å². The summed E-state index contributed by atoms with van der Waals surface area (Å²) >= 11 is 3.71. The molecule has 0 radical (unpaired) electrons. The standard InChI is InChI=1S/C28H36BrN5O4S/c1-28(2,3)38-27(35)31(4)20-16-21(17-20)34-18-24(29)23-10-11-25(30-26(23)34)33-14-12-32(13-15-33)19-6-8-22(9-7-19)39(5,36)37/h6-11,18,20-21H,12-17H2,1-5H3. The fourth-order valence-electron chi connectivity index (χ4n) is 5.21. The zero-order valence-corrected chi connectivity index (χ0v) is 25.5. The molecule has 0 atom stereocenters. The van der Waals surface area contributed by atoms with Crippen LogP contribution in [0.15, 0.2) is 52.0 Å². The van der Waals surface area contributed by atoms with E-state index in [0.717, 1.165) is 66.0 Å². The fourth-order valence-corrected chi connectivity index (χ4v) is 6.37. The van der Waals surface area contributed by atoms with Crippen LogP contribution in [0.2, 0.25) is 0 Å². The van der Waals surface area contributed by atoms with Crippen molar-refractivity contribution >= 4 is 54.4 Å². The monoisotopic (exact) mass is 617 g/mol. The third kappa shape index (κ3) is 5.89. The van der Waals surface area contributed by atoms with E-state index >= 15 is 0 Å². The number of amides is 1. The summed E-state index contributed by atoms with van der Waals surface area (Å²) in [5, 5.41) is 1.08. The molecule has 39 heavy (non-hydrogen) atoms. The van der Waals surface area contributed by atoms with Crippen LogP contribution in [0.4, 0.5) is 16.3 Å². The van der Waals surface area contributed by atoms with Crippen molar-refractivity contribution in [2.45, 2.75) is 56.2 Å². The molecule has 1 saturated heterocycles. The Morgan fingerprint density at radius 3 is 2.23 bits per heavy atom. The molecule has 2 fully saturated rings. The molecule has 0 bridgehead atoms. The molecule has 3 aromatic rings. The number of ether oxygens (including phenoxy) is 1. The van der Waals surface area contributed by atoms with Crippen LogP contribution in [-0.2, 0) is 14.6 Å². The van der Waals surface area contributed by atoms with Crippen LogP contribution in [0, 0.1) is 0 Å². The van der Waals surface area contributed by atoms with Gasteiger partial charge in [0.2, 0.25) is 0 Å². The fraction of sp³-hybridized carbons (Fsp3) is 0.500. The lowest BCUT2D eigenvalue weighted by atomic mass is 9.85. The maximum Gasteiger partial charge on any atom is 0.410 e. The van der Waals surface area contributed by atoms with Gasteiger partial charge in [-0.25, -0.2) is 18.2 Å². The Labute approximate surface area is 238 Å². The minimum atomic E-state index is -3.20. The predicted molar refractivity (Wildman–Crippen MR) is 157 cm³/mol. The SMILES string of the molecule is CN(C(=O)OC(C)(C)C)C1CC(n2cc(Br)c3ccc(N4CCN(c5ccc(S(C)(=O)=O)cc5)CC4)nc32)C1. The second kappa shape index (κ2) is 10.3. The number of rotatable bonds is 5. The zero-order valence-electron chi connectivity index (χ0n) is 23.1. The number of halogens is 1. The van der Waals surface area contributed by atoms with Crippen molar-refractivity contribution < 1.29 is 17.9 Å². The number of sulfone groups is 1. The normalized spacial score (nSPS) is 20.2. The van der Waals surface area contributed by atoms with E-state index in [1.807, 2.05) is 40.0 Å². The van der Waals surface area contributed by atoms with Crippen LogP contribution in [0.3, 0.4) is 0 Å². The summed E-state index contributed by atoms with van der Waals surface area (Å²) in [6.07, 6.45) is 4.76. The highest BCUT2D eigenvalue weighted by molar-refractivity contribution is 9.10. The van der Waals surface area contributed by atoms with Gasteiger partial charge in [0, 0.05) is 73.3 Å². The van der Waals surface area contributed by atoms with Crippen molar-refractivity contribution in [2.75, 3.05) is 49.3 Å². The molecule has 2 aliphatic rings. The van der Waals surface area contributed by atoms with Gasteiger partial charge >= 0.3 is 6.09 Å². The number of piperazine rings is 1. The van der Waals surface area contributed by atoms with E-state index in [0.29, 0.717) is 4.90 Å². The molecular weight excluding hydrogens is 582 g/mol. The molecule has 3 heterocycles. The van der Waals surface area contributed by atoms with Crippen LogP contribution in [0.5, 0.6) is 0 Å². The van der Waals surface area contributed by atoms with Gasteiger partial charge in [-0.05, 0) is 85.9 Å². The van der Waals surface area contributed by atoms with Gasteiger partial charge in [0.25, 0.3) is 0 Å². The average Bonchev–Trinajstić information content (AvgIpc) is 3.17. The third-order valence-corrected chi connectivity index (χ3v) is 9.32. The van der Waals surface area contributed by atoms with E-state index in [1.54, 1.807) is 17.0 Å². The summed E-state index contributed by atoms with van der Waals surface area (Å²) < 4.78 is 32.3.